The molecule has 0 radical (unpaired) electrons. The Labute approximate surface area is 265 Å². The molecule has 3 aromatic carbocycles. The first-order chi connectivity index (χ1) is 21.1. The van der Waals surface area contributed by atoms with Crippen molar-refractivity contribution in [3.63, 3.8) is 0 Å². The van der Waals surface area contributed by atoms with Gasteiger partial charge in [-0.1, -0.05) is 42.5 Å². The predicted octanol–water partition coefficient (Wildman–Crippen LogP) is 6.47. The zero-order valence-corrected chi connectivity index (χ0v) is 25.9. The number of pyridine rings is 1. The highest BCUT2D eigenvalue weighted by atomic mass is 35.5. The Bertz CT molecular complexity index is 1490. The van der Waals surface area contributed by atoms with E-state index in [1.165, 1.54) is 0 Å². The Morgan fingerprint density at radius 3 is 2.09 bits per heavy atom. The Balaban J connectivity index is 0.00000384. The van der Waals surface area contributed by atoms with Crippen LogP contribution in [0.5, 0.6) is 5.75 Å². The molecule has 1 aromatic heterocycles. The molecule has 0 aliphatic carbocycles. The number of piperidine rings is 1. The standard InChI is InChI=1S/C35H39N5O3.ClH/c1-42-32-13-9-28(10-14-32)34-24-30(37-29-15-17-36-18-16-29)23-33(38-34)27-7-11-31(12-8-27)39-19-21-40(22-20-39)35(41)43-25-26-5-3-2-4-6-26;/h2-14,23-24,29,36H,15-22,25H2,1H3,(H,37,38);1H. The van der Waals surface area contributed by atoms with Gasteiger partial charge in [0.05, 0.1) is 18.5 Å². The van der Waals surface area contributed by atoms with Gasteiger partial charge >= 0.3 is 6.09 Å². The maximum absolute atomic E-state index is 12.6. The Morgan fingerprint density at radius 2 is 1.48 bits per heavy atom. The van der Waals surface area contributed by atoms with E-state index in [1.54, 1.807) is 12.0 Å². The summed E-state index contributed by atoms with van der Waals surface area (Å²) in [6.45, 7) is 5.14. The van der Waals surface area contributed by atoms with Crippen molar-refractivity contribution in [3.05, 3.63) is 96.6 Å². The first kappa shape index (κ1) is 31.2. The second-order valence-electron chi connectivity index (χ2n) is 11.1. The van der Waals surface area contributed by atoms with E-state index in [2.05, 4.69) is 64.1 Å². The monoisotopic (exact) mass is 613 g/mol. The van der Waals surface area contributed by atoms with Gasteiger partial charge in [-0.3, -0.25) is 0 Å². The van der Waals surface area contributed by atoms with Crippen molar-refractivity contribution in [2.75, 3.05) is 56.6 Å². The van der Waals surface area contributed by atoms with Gasteiger partial charge in [0, 0.05) is 54.7 Å². The molecule has 3 heterocycles. The minimum absolute atomic E-state index is 0. The highest BCUT2D eigenvalue weighted by Crippen LogP contribution is 2.30. The van der Waals surface area contributed by atoms with Gasteiger partial charge in [-0.15, -0.1) is 12.4 Å². The number of anilines is 2. The first-order valence-corrected chi connectivity index (χ1v) is 15.1. The molecular weight excluding hydrogens is 574 g/mol. The summed E-state index contributed by atoms with van der Waals surface area (Å²) in [6.07, 6.45) is 1.94. The molecule has 0 spiro atoms. The van der Waals surface area contributed by atoms with Crippen LogP contribution >= 0.6 is 12.4 Å². The molecule has 2 fully saturated rings. The third-order valence-electron chi connectivity index (χ3n) is 8.19. The number of piperazine rings is 1. The number of methoxy groups -OCH3 is 1. The van der Waals surface area contributed by atoms with Crippen LogP contribution < -0.4 is 20.3 Å². The van der Waals surface area contributed by atoms with Gasteiger partial charge in [-0.2, -0.15) is 0 Å². The summed E-state index contributed by atoms with van der Waals surface area (Å²) < 4.78 is 10.9. The summed E-state index contributed by atoms with van der Waals surface area (Å²) in [7, 11) is 1.68. The van der Waals surface area contributed by atoms with Crippen molar-refractivity contribution >= 4 is 29.9 Å². The number of halogens is 1. The van der Waals surface area contributed by atoms with E-state index in [-0.39, 0.29) is 18.5 Å². The molecule has 2 N–H and O–H groups in total. The van der Waals surface area contributed by atoms with Gasteiger partial charge in [-0.05, 0) is 80.0 Å². The Morgan fingerprint density at radius 1 is 0.864 bits per heavy atom. The quantitative estimate of drug-likeness (QED) is 0.236. The maximum atomic E-state index is 12.6. The van der Waals surface area contributed by atoms with Gasteiger partial charge in [-0.25, -0.2) is 9.78 Å². The lowest BCUT2D eigenvalue weighted by molar-refractivity contribution is 0.0942. The number of ether oxygens (including phenoxy) is 2. The average Bonchev–Trinajstić information content (AvgIpc) is 3.08. The molecule has 0 atom stereocenters. The number of amides is 1. The van der Waals surface area contributed by atoms with Gasteiger partial charge in [0.2, 0.25) is 0 Å². The minimum atomic E-state index is -0.254. The van der Waals surface area contributed by atoms with Crippen molar-refractivity contribution in [2.24, 2.45) is 0 Å². The summed E-state index contributed by atoms with van der Waals surface area (Å²) in [5.41, 5.74) is 7.19. The van der Waals surface area contributed by atoms with Crippen molar-refractivity contribution in [3.8, 4) is 28.3 Å². The van der Waals surface area contributed by atoms with Crippen molar-refractivity contribution in [1.82, 2.24) is 15.2 Å². The van der Waals surface area contributed by atoms with Crippen LogP contribution in [-0.4, -0.2) is 68.4 Å². The van der Waals surface area contributed by atoms with Crippen LogP contribution in [0, 0.1) is 0 Å². The lowest BCUT2D eigenvalue weighted by Crippen LogP contribution is -2.48. The van der Waals surface area contributed by atoms with E-state index >= 15 is 0 Å². The summed E-state index contributed by atoms with van der Waals surface area (Å²) >= 11 is 0. The molecule has 6 rings (SSSR count). The Kier molecular flexibility index (Phi) is 10.6. The highest BCUT2D eigenvalue weighted by Gasteiger charge is 2.23. The van der Waals surface area contributed by atoms with E-state index in [0.717, 1.165) is 84.2 Å². The summed E-state index contributed by atoms with van der Waals surface area (Å²) in [5.74, 6) is 0.827. The van der Waals surface area contributed by atoms with Crippen LogP contribution in [0.1, 0.15) is 18.4 Å². The molecule has 2 aliphatic heterocycles. The van der Waals surface area contributed by atoms with E-state index in [0.29, 0.717) is 25.7 Å². The molecule has 1 amide bonds. The number of hydrogen-bond acceptors (Lipinski definition) is 7. The Hall–Kier alpha value is -4.27. The van der Waals surface area contributed by atoms with Crippen LogP contribution in [0.25, 0.3) is 22.5 Å². The zero-order valence-electron chi connectivity index (χ0n) is 25.1. The summed E-state index contributed by atoms with van der Waals surface area (Å²) in [5, 5.41) is 7.21. The largest absolute Gasteiger partial charge is 0.497 e. The fraction of sp³-hybridized carbons (Fsp3) is 0.314. The van der Waals surface area contributed by atoms with Crippen molar-refractivity contribution in [1.29, 1.82) is 0 Å². The van der Waals surface area contributed by atoms with Crippen molar-refractivity contribution < 1.29 is 14.3 Å². The van der Waals surface area contributed by atoms with Gasteiger partial charge in [0.15, 0.2) is 0 Å². The van der Waals surface area contributed by atoms with Crippen molar-refractivity contribution in [2.45, 2.75) is 25.5 Å². The molecule has 8 nitrogen and oxygen atoms in total. The molecule has 230 valence electrons. The van der Waals surface area contributed by atoms with Crippen LogP contribution in [0.3, 0.4) is 0 Å². The number of nitrogens with zero attached hydrogens (tertiary/aromatic N) is 3. The van der Waals surface area contributed by atoms with E-state index in [1.807, 2.05) is 42.5 Å². The van der Waals surface area contributed by atoms with Gasteiger partial charge < -0.3 is 29.9 Å². The van der Waals surface area contributed by atoms with E-state index < -0.39 is 0 Å². The van der Waals surface area contributed by atoms with Crippen LogP contribution in [0.4, 0.5) is 16.2 Å². The zero-order chi connectivity index (χ0) is 29.4. The normalized spacial score (nSPS) is 15.3. The van der Waals surface area contributed by atoms with Gasteiger partial charge in [0.25, 0.3) is 0 Å². The lowest BCUT2D eigenvalue weighted by atomic mass is 10.0. The number of aromatic nitrogens is 1. The maximum Gasteiger partial charge on any atom is 0.410 e. The number of benzene rings is 3. The topological polar surface area (TPSA) is 79.0 Å². The smallest absolute Gasteiger partial charge is 0.410 e. The number of nitrogens with one attached hydrogen (secondary N) is 2. The van der Waals surface area contributed by atoms with E-state index in [4.69, 9.17) is 14.5 Å². The number of rotatable bonds is 8. The number of carbonyl (C=O) groups excluding carboxylic acids is 1. The molecule has 44 heavy (non-hydrogen) atoms. The molecule has 0 unspecified atom stereocenters. The molecule has 2 aliphatic rings. The van der Waals surface area contributed by atoms with Crippen LogP contribution in [0.15, 0.2) is 91.0 Å². The summed E-state index contributed by atoms with van der Waals surface area (Å²) in [4.78, 5) is 21.8. The van der Waals surface area contributed by atoms with Crippen LogP contribution in [-0.2, 0) is 11.3 Å². The molecule has 2 saturated heterocycles. The molecular formula is C35H40ClN5O3. The highest BCUT2D eigenvalue weighted by molar-refractivity contribution is 5.85. The number of hydrogen-bond donors (Lipinski definition) is 2. The molecule has 0 saturated carbocycles. The third-order valence-corrected chi connectivity index (χ3v) is 8.19. The average molecular weight is 614 g/mol. The number of carbonyl (C=O) groups is 1. The lowest BCUT2D eigenvalue weighted by Gasteiger charge is -2.35. The molecule has 9 heteroatoms. The van der Waals surface area contributed by atoms with Crippen LogP contribution in [0.2, 0.25) is 0 Å². The second kappa shape index (κ2) is 14.9. The molecule has 0 bridgehead atoms. The first-order valence-electron chi connectivity index (χ1n) is 15.1. The SMILES string of the molecule is COc1ccc(-c2cc(NC3CCNCC3)cc(-c3ccc(N4CCN(C(=O)OCc5ccccc5)CC4)cc3)n2)cc1.Cl. The minimum Gasteiger partial charge on any atom is -0.497 e. The second-order valence-corrected chi connectivity index (χ2v) is 11.1. The van der Waals surface area contributed by atoms with Gasteiger partial charge in [0.1, 0.15) is 12.4 Å². The molecule has 4 aromatic rings. The van der Waals surface area contributed by atoms with E-state index in [9.17, 15) is 4.79 Å². The fourth-order valence-corrected chi connectivity index (χ4v) is 5.67. The third kappa shape index (κ3) is 7.81. The predicted molar refractivity (Wildman–Crippen MR) is 179 cm³/mol. The summed E-state index contributed by atoms with van der Waals surface area (Å²) in [6, 6.07) is 31.2. The fourth-order valence-electron chi connectivity index (χ4n) is 5.67.